The molecule has 0 saturated carbocycles. The van der Waals surface area contributed by atoms with Gasteiger partial charge in [0.05, 0.1) is 6.61 Å². The monoisotopic (exact) mass is 298 g/mol. The van der Waals surface area contributed by atoms with Gasteiger partial charge in [-0.2, -0.15) is 0 Å². The third-order valence-electron chi connectivity index (χ3n) is 4.23. The smallest absolute Gasteiger partial charge is 0.249 e. The zero-order valence-corrected chi connectivity index (χ0v) is 14.1. The van der Waals surface area contributed by atoms with E-state index in [9.17, 15) is 9.59 Å². The molecule has 5 nitrogen and oxygen atoms in total. The van der Waals surface area contributed by atoms with Crippen LogP contribution >= 0.6 is 0 Å². The molecular weight excluding hydrogens is 268 g/mol. The summed E-state index contributed by atoms with van der Waals surface area (Å²) in [6.07, 6.45) is 1.87. The van der Waals surface area contributed by atoms with Gasteiger partial charge in [0.2, 0.25) is 11.8 Å². The van der Waals surface area contributed by atoms with Crippen LogP contribution in [0.3, 0.4) is 0 Å². The highest BCUT2D eigenvalue weighted by molar-refractivity contribution is 5.99. The van der Waals surface area contributed by atoms with Crippen molar-refractivity contribution in [3.8, 4) is 0 Å². The molecule has 1 aliphatic rings. The molecule has 0 spiro atoms. The largest absolute Gasteiger partial charge is 0.379 e. The second-order valence-corrected chi connectivity index (χ2v) is 6.17. The maximum atomic E-state index is 12.8. The summed E-state index contributed by atoms with van der Waals surface area (Å²) in [5.41, 5.74) is -0.735. The summed E-state index contributed by atoms with van der Waals surface area (Å²) >= 11 is 0. The van der Waals surface area contributed by atoms with Gasteiger partial charge in [-0.1, -0.05) is 34.6 Å². The Labute approximate surface area is 128 Å². The molecule has 1 atom stereocenters. The predicted octanol–water partition coefficient (Wildman–Crippen LogP) is 1.95. The van der Waals surface area contributed by atoms with Crippen molar-refractivity contribution in [1.29, 1.82) is 0 Å². The van der Waals surface area contributed by atoms with Crippen molar-refractivity contribution in [2.24, 2.45) is 5.92 Å². The Balaban J connectivity index is 2.79. The Morgan fingerprint density at radius 1 is 1.24 bits per heavy atom. The third-order valence-corrected chi connectivity index (χ3v) is 4.23. The lowest BCUT2D eigenvalue weighted by Gasteiger charge is -2.45. The summed E-state index contributed by atoms with van der Waals surface area (Å²) in [5, 5.41) is 2.95. The second-order valence-electron chi connectivity index (χ2n) is 6.17. The van der Waals surface area contributed by atoms with Crippen LogP contribution in [-0.2, 0) is 14.3 Å². The van der Waals surface area contributed by atoms with Gasteiger partial charge in [0.15, 0.2) is 0 Å². The molecule has 1 saturated heterocycles. The van der Waals surface area contributed by atoms with Gasteiger partial charge in [0.25, 0.3) is 0 Å². The highest BCUT2D eigenvalue weighted by Gasteiger charge is 2.47. The number of carbonyl (C=O) groups excluding carboxylic acids is 2. The third kappa shape index (κ3) is 3.96. The van der Waals surface area contributed by atoms with Gasteiger partial charge >= 0.3 is 0 Å². The van der Waals surface area contributed by atoms with Crippen molar-refractivity contribution < 1.29 is 14.3 Å². The van der Waals surface area contributed by atoms with Crippen molar-refractivity contribution in [2.75, 3.05) is 19.8 Å². The summed E-state index contributed by atoms with van der Waals surface area (Å²) < 4.78 is 5.58. The topological polar surface area (TPSA) is 58.6 Å². The molecule has 0 aliphatic carbocycles. The summed E-state index contributed by atoms with van der Waals surface area (Å²) in [6, 6.07) is -0.369. The van der Waals surface area contributed by atoms with Gasteiger partial charge in [-0.15, -0.1) is 0 Å². The van der Waals surface area contributed by atoms with E-state index in [0.717, 1.165) is 0 Å². The number of ether oxygens (including phenoxy) is 1. The molecule has 21 heavy (non-hydrogen) atoms. The molecule has 1 rings (SSSR count). The molecule has 122 valence electrons. The second kappa shape index (κ2) is 7.78. The minimum atomic E-state index is -0.735. The Kier molecular flexibility index (Phi) is 6.65. The fraction of sp³-hybridized carbons (Fsp3) is 0.875. The van der Waals surface area contributed by atoms with Crippen LogP contribution in [-0.4, -0.2) is 48.1 Å². The lowest BCUT2D eigenvalue weighted by atomic mass is 9.86. The summed E-state index contributed by atoms with van der Waals surface area (Å²) in [7, 11) is 0. The molecule has 1 unspecified atom stereocenters. The number of piperazine rings is 1. The van der Waals surface area contributed by atoms with E-state index in [4.69, 9.17) is 4.74 Å². The van der Waals surface area contributed by atoms with E-state index < -0.39 is 5.54 Å². The minimum absolute atomic E-state index is 0.0343. The van der Waals surface area contributed by atoms with Crippen molar-refractivity contribution in [3.05, 3.63) is 0 Å². The highest BCUT2D eigenvalue weighted by Crippen LogP contribution is 2.25. The fourth-order valence-electron chi connectivity index (χ4n) is 2.80. The lowest BCUT2D eigenvalue weighted by Crippen LogP contribution is -2.70. The first-order valence-corrected chi connectivity index (χ1v) is 8.12. The van der Waals surface area contributed by atoms with Crippen LogP contribution in [0.4, 0.5) is 0 Å². The first kappa shape index (κ1) is 18.0. The van der Waals surface area contributed by atoms with Crippen molar-refractivity contribution in [1.82, 2.24) is 10.2 Å². The molecule has 2 amide bonds. The van der Waals surface area contributed by atoms with Crippen LogP contribution in [0.2, 0.25) is 0 Å². The van der Waals surface area contributed by atoms with Crippen LogP contribution in [0.5, 0.6) is 0 Å². The Bertz CT molecular complexity index is 365. The minimum Gasteiger partial charge on any atom is -0.379 e. The maximum absolute atomic E-state index is 12.8. The Morgan fingerprint density at radius 3 is 2.33 bits per heavy atom. The molecular formula is C16H30N2O3. The standard InChI is InChI=1S/C16H30N2O3/c1-6-13-14(19)17-16(7-2,8-3)15(20)18(13)9-10-21-11-12(4)5/h12-13H,6-11H2,1-5H3,(H,17,19). The quantitative estimate of drug-likeness (QED) is 0.697. The van der Waals surface area contributed by atoms with Crippen LogP contribution in [0, 0.1) is 5.92 Å². The van der Waals surface area contributed by atoms with E-state index in [1.807, 2.05) is 20.8 Å². The van der Waals surface area contributed by atoms with E-state index in [1.54, 1.807) is 4.90 Å². The molecule has 1 N–H and O–H groups in total. The molecule has 0 bridgehead atoms. The van der Waals surface area contributed by atoms with E-state index in [0.29, 0.717) is 44.9 Å². The zero-order valence-electron chi connectivity index (χ0n) is 14.1. The normalized spacial score (nSPS) is 21.8. The molecule has 0 aromatic rings. The average molecular weight is 298 g/mol. The van der Waals surface area contributed by atoms with E-state index >= 15 is 0 Å². The van der Waals surface area contributed by atoms with Gasteiger partial charge in [0.1, 0.15) is 11.6 Å². The fourth-order valence-corrected chi connectivity index (χ4v) is 2.80. The predicted molar refractivity (Wildman–Crippen MR) is 82.9 cm³/mol. The van der Waals surface area contributed by atoms with E-state index in [-0.39, 0.29) is 17.9 Å². The molecule has 5 heteroatoms. The van der Waals surface area contributed by atoms with Gasteiger partial charge < -0.3 is 15.0 Å². The SMILES string of the molecule is CCC1C(=O)NC(CC)(CC)C(=O)N1CCOCC(C)C. The van der Waals surface area contributed by atoms with Crippen LogP contribution in [0.15, 0.2) is 0 Å². The Hall–Kier alpha value is -1.10. The number of hydrogen-bond acceptors (Lipinski definition) is 3. The number of rotatable bonds is 8. The van der Waals surface area contributed by atoms with Gasteiger partial charge in [-0.05, 0) is 25.2 Å². The van der Waals surface area contributed by atoms with Gasteiger partial charge in [0, 0.05) is 13.2 Å². The van der Waals surface area contributed by atoms with Crippen molar-refractivity contribution in [2.45, 2.75) is 65.5 Å². The van der Waals surface area contributed by atoms with Crippen molar-refractivity contribution in [3.63, 3.8) is 0 Å². The van der Waals surface area contributed by atoms with Gasteiger partial charge in [-0.25, -0.2) is 0 Å². The lowest BCUT2D eigenvalue weighted by molar-refractivity contribution is -0.156. The number of hydrogen-bond donors (Lipinski definition) is 1. The molecule has 0 aromatic heterocycles. The van der Waals surface area contributed by atoms with Crippen LogP contribution < -0.4 is 5.32 Å². The zero-order chi connectivity index (χ0) is 16.0. The first-order chi connectivity index (χ1) is 9.91. The Morgan fingerprint density at radius 2 is 1.86 bits per heavy atom. The highest BCUT2D eigenvalue weighted by atomic mass is 16.5. The number of carbonyl (C=O) groups is 2. The van der Waals surface area contributed by atoms with Crippen molar-refractivity contribution >= 4 is 11.8 Å². The maximum Gasteiger partial charge on any atom is 0.249 e. The average Bonchev–Trinajstić information content (AvgIpc) is 2.46. The number of nitrogens with zero attached hydrogens (tertiary/aromatic N) is 1. The molecule has 1 heterocycles. The van der Waals surface area contributed by atoms with E-state index in [1.165, 1.54) is 0 Å². The summed E-state index contributed by atoms with van der Waals surface area (Å²) in [6.45, 7) is 11.7. The van der Waals surface area contributed by atoms with E-state index in [2.05, 4.69) is 19.2 Å². The summed E-state index contributed by atoms with van der Waals surface area (Å²) in [5.74, 6) is 0.467. The number of amides is 2. The summed E-state index contributed by atoms with van der Waals surface area (Å²) in [4.78, 5) is 26.8. The first-order valence-electron chi connectivity index (χ1n) is 8.12. The molecule has 0 radical (unpaired) electrons. The van der Waals surface area contributed by atoms with Crippen LogP contribution in [0.1, 0.15) is 53.9 Å². The van der Waals surface area contributed by atoms with Gasteiger partial charge in [-0.3, -0.25) is 9.59 Å². The number of nitrogens with one attached hydrogen (secondary N) is 1. The molecule has 0 aromatic carbocycles. The molecule has 1 fully saturated rings. The van der Waals surface area contributed by atoms with Crippen LogP contribution in [0.25, 0.3) is 0 Å². The molecule has 1 aliphatic heterocycles.